The largest absolute Gasteiger partial charge is 0.430 e. The SMILES string of the molecule is C/C=C\N(C)/N=C(\C)C(F)(F)F. The first-order valence-electron chi connectivity index (χ1n) is 3.36. The second-order valence-electron chi connectivity index (χ2n) is 2.24. The van der Waals surface area contributed by atoms with Crippen LogP contribution in [0.1, 0.15) is 13.8 Å². The van der Waals surface area contributed by atoms with E-state index in [-0.39, 0.29) is 0 Å². The van der Waals surface area contributed by atoms with E-state index in [1.165, 1.54) is 13.2 Å². The number of alkyl halides is 3. The fourth-order valence-corrected chi connectivity index (χ4v) is 0.542. The maximum absolute atomic E-state index is 11.9. The van der Waals surface area contributed by atoms with Crippen molar-refractivity contribution in [1.29, 1.82) is 0 Å². The standard InChI is InChI=1S/C7H11F3N2/c1-4-5-12(3)11-6(2)7(8,9)10/h4-5H,1-3H3/b5-4-,11-6+. The summed E-state index contributed by atoms with van der Waals surface area (Å²) in [6, 6.07) is 0. The van der Waals surface area contributed by atoms with Gasteiger partial charge in [0.15, 0.2) is 0 Å². The highest BCUT2D eigenvalue weighted by atomic mass is 19.4. The monoisotopic (exact) mass is 180 g/mol. The van der Waals surface area contributed by atoms with Crippen LogP contribution in [0.4, 0.5) is 13.2 Å². The lowest BCUT2D eigenvalue weighted by atomic mass is 10.4. The minimum absolute atomic E-state index is 0.858. The zero-order valence-corrected chi connectivity index (χ0v) is 7.18. The second kappa shape index (κ2) is 4.13. The van der Waals surface area contributed by atoms with Crippen LogP contribution in [0.3, 0.4) is 0 Å². The van der Waals surface area contributed by atoms with Gasteiger partial charge in [0.1, 0.15) is 5.71 Å². The van der Waals surface area contributed by atoms with Crippen molar-refractivity contribution in [3.63, 3.8) is 0 Å². The Morgan fingerprint density at radius 1 is 1.42 bits per heavy atom. The Hall–Kier alpha value is -1.00. The van der Waals surface area contributed by atoms with Crippen molar-refractivity contribution in [2.24, 2.45) is 5.10 Å². The Kier molecular flexibility index (Phi) is 3.79. The summed E-state index contributed by atoms with van der Waals surface area (Å²) in [4.78, 5) is 0. The molecule has 5 heteroatoms. The predicted molar refractivity (Wildman–Crippen MR) is 41.7 cm³/mol. The Morgan fingerprint density at radius 3 is 2.25 bits per heavy atom. The van der Waals surface area contributed by atoms with Gasteiger partial charge >= 0.3 is 6.18 Å². The number of hydrazone groups is 1. The molecule has 0 amide bonds. The molecule has 0 unspecified atom stereocenters. The molecule has 12 heavy (non-hydrogen) atoms. The summed E-state index contributed by atoms with van der Waals surface area (Å²) in [5, 5.41) is 4.39. The first-order chi connectivity index (χ1) is 5.38. The van der Waals surface area contributed by atoms with Gasteiger partial charge in [-0.3, -0.25) is 5.01 Å². The van der Waals surface area contributed by atoms with Crippen molar-refractivity contribution in [1.82, 2.24) is 5.01 Å². The van der Waals surface area contributed by atoms with Crippen LogP contribution in [0.25, 0.3) is 0 Å². The normalized spacial score (nSPS) is 14.0. The first-order valence-corrected chi connectivity index (χ1v) is 3.36. The van der Waals surface area contributed by atoms with Crippen LogP contribution in [0.2, 0.25) is 0 Å². The average molecular weight is 180 g/mol. The van der Waals surface area contributed by atoms with Crippen molar-refractivity contribution in [2.75, 3.05) is 7.05 Å². The van der Waals surface area contributed by atoms with E-state index >= 15 is 0 Å². The molecule has 0 saturated heterocycles. The molecule has 0 aromatic carbocycles. The summed E-state index contributed by atoms with van der Waals surface area (Å²) in [7, 11) is 1.44. The molecule has 0 N–H and O–H groups in total. The van der Waals surface area contributed by atoms with Crippen molar-refractivity contribution in [3.8, 4) is 0 Å². The molecule has 0 atom stereocenters. The molecule has 0 radical (unpaired) electrons. The average Bonchev–Trinajstić information content (AvgIpc) is 1.85. The summed E-state index contributed by atoms with van der Waals surface area (Å²) < 4.78 is 35.6. The molecule has 0 heterocycles. The van der Waals surface area contributed by atoms with Gasteiger partial charge in [-0.2, -0.15) is 18.3 Å². The molecule has 0 saturated carbocycles. The summed E-state index contributed by atoms with van der Waals surface area (Å²) in [5.74, 6) is 0. The Bertz CT molecular complexity index is 193. The minimum atomic E-state index is -4.34. The van der Waals surface area contributed by atoms with E-state index < -0.39 is 11.9 Å². The lowest BCUT2D eigenvalue weighted by Gasteiger charge is -2.10. The third kappa shape index (κ3) is 4.00. The van der Waals surface area contributed by atoms with E-state index in [1.807, 2.05) is 0 Å². The van der Waals surface area contributed by atoms with Gasteiger partial charge in [0.2, 0.25) is 0 Å². The lowest BCUT2D eigenvalue weighted by molar-refractivity contribution is -0.0602. The zero-order valence-electron chi connectivity index (χ0n) is 7.18. The number of rotatable bonds is 2. The van der Waals surface area contributed by atoms with Gasteiger partial charge in [-0.1, -0.05) is 6.08 Å². The van der Waals surface area contributed by atoms with Crippen LogP contribution in [0.5, 0.6) is 0 Å². The quantitative estimate of drug-likeness (QED) is 0.470. The molecule has 2 nitrogen and oxygen atoms in total. The van der Waals surface area contributed by atoms with E-state index in [0.29, 0.717) is 0 Å². The van der Waals surface area contributed by atoms with Crippen LogP contribution >= 0.6 is 0 Å². The van der Waals surface area contributed by atoms with Crippen LogP contribution in [0, 0.1) is 0 Å². The van der Waals surface area contributed by atoms with Gasteiger partial charge in [-0.05, 0) is 13.8 Å². The maximum atomic E-state index is 11.9. The molecule has 0 aliphatic carbocycles. The van der Waals surface area contributed by atoms with E-state index in [4.69, 9.17) is 0 Å². The van der Waals surface area contributed by atoms with Gasteiger partial charge in [0.25, 0.3) is 0 Å². The van der Waals surface area contributed by atoms with E-state index in [2.05, 4.69) is 5.10 Å². The third-order valence-corrected chi connectivity index (χ3v) is 1.08. The molecular formula is C7H11F3N2. The smallest absolute Gasteiger partial charge is 0.276 e. The maximum Gasteiger partial charge on any atom is 0.430 e. The van der Waals surface area contributed by atoms with Crippen LogP contribution in [-0.4, -0.2) is 23.9 Å². The molecule has 0 aromatic heterocycles. The Morgan fingerprint density at radius 2 is 1.92 bits per heavy atom. The minimum Gasteiger partial charge on any atom is -0.276 e. The van der Waals surface area contributed by atoms with Crippen LogP contribution < -0.4 is 0 Å². The Balaban J connectivity index is 4.36. The zero-order chi connectivity index (χ0) is 9.78. The van der Waals surface area contributed by atoms with Gasteiger partial charge in [0.05, 0.1) is 0 Å². The fourth-order valence-electron chi connectivity index (χ4n) is 0.542. The highest BCUT2D eigenvalue weighted by molar-refractivity contribution is 5.87. The second-order valence-corrected chi connectivity index (χ2v) is 2.24. The lowest BCUT2D eigenvalue weighted by Crippen LogP contribution is -2.22. The van der Waals surface area contributed by atoms with Crippen molar-refractivity contribution in [3.05, 3.63) is 12.3 Å². The summed E-state index contributed by atoms with van der Waals surface area (Å²) in [6.07, 6.45) is -1.29. The summed E-state index contributed by atoms with van der Waals surface area (Å²) in [6.45, 7) is 2.63. The van der Waals surface area contributed by atoms with Gasteiger partial charge in [-0.25, -0.2) is 0 Å². The fraction of sp³-hybridized carbons (Fsp3) is 0.571. The molecule has 0 aliphatic heterocycles. The van der Waals surface area contributed by atoms with Crippen LogP contribution in [0.15, 0.2) is 17.4 Å². The molecule has 0 fully saturated rings. The van der Waals surface area contributed by atoms with Crippen LogP contribution in [-0.2, 0) is 0 Å². The van der Waals surface area contributed by atoms with Crippen molar-refractivity contribution >= 4 is 5.71 Å². The molecule has 0 bridgehead atoms. The number of hydrogen-bond acceptors (Lipinski definition) is 2. The predicted octanol–water partition coefficient (Wildman–Crippen LogP) is 2.39. The van der Waals surface area contributed by atoms with E-state index in [1.54, 1.807) is 13.0 Å². The summed E-state index contributed by atoms with van der Waals surface area (Å²) in [5.41, 5.74) is -0.858. The molecule has 70 valence electrons. The Labute approximate surface area is 69.4 Å². The highest BCUT2D eigenvalue weighted by Crippen LogP contribution is 2.17. The number of allylic oxidation sites excluding steroid dienone is 1. The highest BCUT2D eigenvalue weighted by Gasteiger charge is 2.32. The molecular weight excluding hydrogens is 169 g/mol. The topological polar surface area (TPSA) is 15.6 Å². The third-order valence-electron chi connectivity index (χ3n) is 1.08. The van der Waals surface area contributed by atoms with Gasteiger partial charge in [0, 0.05) is 13.2 Å². The number of nitrogens with zero attached hydrogens (tertiary/aromatic N) is 2. The van der Waals surface area contributed by atoms with Gasteiger partial charge < -0.3 is 0 Å². The first kappa shape index (κ1) is 11.0. The molecule has 0 aromatic rings. The molecule has 0 aliphatic rings. The molecule has 0 spiro atoms. The number of halogens is 3. The van der Waals surface area contributed by atoms with Gasteiger partial charge in [-0.15, -0.1) is 0 Å². The summed E-state index contributed by atoms with van der Waals surface area (Å²) >= 11 is 0. The van der Waals surface area contributed by atoms with Crippen molar-refractivity contribution in [2.45, 2.75) is 20.0 Å². The van der Waals surface area contributed by atoms with Crippen molar-refractivity contribution < 1.29 is 13.2 Å². The molecule has 0 rings (SSSR count). The van der Waals surface area contributed by atoms with E-state index in [9.17, 15) is 13.2 Å². The van der Waals surface area contributed by atoms with E-state index in [0.717, 1.165) is 11.9 Å². The number of hydrogen-bond donors (Lipinski definition) is 0.